The van der Waals surface area contributed by atoms with E-state index >= 15 is 0 Å². The fraction of sp³-hybridized carbons (Fsp3) is 0.462. The van der Waals surface area contributed by atoms with Crippen LogP contribution in [0, 0.1) is 5.92 Å². The molecule has 0 bridgehead atoms. The van der Waals surface area contributed by atoms with Gasteiger partial charge in [0.1, 0.15) is 6.04 Å². The second kappa shape index (κ2) is 6.29. The van der Waals surface area contributed by atoms with Gasteiger partial charge in [0.05, 0.1) is 6.61 Å². The van der Waals surface area contributed by atoms with Gasteiger partial charge in [0.15, 0.2) is 0 Å². The van der Waals surface area contributed by atoms with Crippen LogP contribution in [0.4, 0.5) is 0 Å². The number of amides is 1. The molecule has 102 valence electrons. The molecule has 2 unspecified atom stereocenters. The molecule has 1 fully saturated rings. The molecule has 2 heterocycles. The Kier molecular flexibility index (Phi) is 4.46. The third-order valence-electron chi connectivity index (χ3n) is 3.16. The van der Waals surface area contributed by atoms with Crippen molar-refractivity contribution in [3.8, 4) is 0 Å². The van der Waals surface area contributed by atoms with Crippen LogP contribution in [0.2, 0.25) is 0 Å². The summed E-state index contributed by atoms with van der Waals surface area (Å²) in [6, 6.07) is 2.18. The molecule has 6 heteroatoms. The molecule has 2 rings (SSSR count). The number of nitrogens with one attached hydrogen (secondary N) is 1. The molecular formula is C13H16N2O4. The van der Waals surface area contributed by atoms with E-state index in [1.807, 2.05) is 0 Å². The highest BCUT2D eigenvalue weighted by Crippen LogP contribution is 2.18. The van der Waals surface area contributed by atoms with Gasteiger partial charge in [-0.2, -0.15) is 0 Å². The Morgan fingerprint density at radius 1 is 1.42 bits per heavy atom. The average Bonchev–Trinajstić information content (AvgIpc) is 2.46. The maximum absolute atomic E-state index is 12.0. The van der Waals surface area contributed by atoms with Crippen molar-refractivity contribution in [1.29, 1.82) is 0 Å². The lowest BCUT2D eigenvalue weighted by atomic mass is 9.93. The van der Waals surface area contributed by atoms with E-state index in [0.717, 1.165) is 12.8 Å². The number of nitrogens with zero attached hydrogens (tertiary/aromatic N) is 1. The van der Waals surface area contributed by atoms with Crippen LogP contribution in [-0.2, 0) is 9.53 Å². The van der Waals surface area contributed by atoms with Crippen LogP contribution < -0.4 is 5.32 Å². The first-order valence-corrected chi connectivity index (χ1v) is 6.20. The molecule has 0 saturated carbocycles. The molecule has 0 aromatic carbocycles. The quantitative estimate of drug-likeness (QED) is 0.835. The Bertz CT molecular complexity index is 443. The largest absolute Gasteiger partial charge is 0.480 e. The van der Waals surface area contributed by atoms with Crippen LogP contribution in [0.3, 0.4) is 0 Å². The molecular weight excluding hydrogens is 248 g/mol. The van der Waals surface area contributed by atoms with E-state index in [4.69, 9.17) is 4.74 Å². The highest BCUT2D eigenvalue weighted by atomic mass is 16.5. The van der Waals surface area contributed by atoms with Crippen LogP contribution >= 0.6 is 0 Å². The van der Waals surface area contributed by atoms with Crippen molar-refractivity contribution >= 4 is 11.9 Å². The van der Waals surface area contributed by atoms with E-state index in [1.54, 1.807) is 12.1 Å². The summed E-state index contributed by atoms with van der Waals surface area (Å²) in [4.78, 5) is 27.1. The number of carbonyl (C=O) groups excluding carboxylic acids is 1. The van der Waals surface area contributed by atoms with Gasteiger partial charge < -0.3 is 15.2 Å². The third-order valence-corrected chi connectivity index (χ3v) is 3.16. The first kappa shape index (κ1) is 13.5. The lowest BCUT2D eigenvalue weighted by Crippen LogP contribution is -2.48. The van der Waals surface area contributed by atoms with Crippen LogP contribution in [0.25, 0.3) is 0 Å². The van der Waals surface area contributed by atoms with Crippen molar-refractivity contribution in [2.75, 3.05) is 13.2 Å². The number of aliphatic carboxylic acids is 1. The van der Waals surface area contributed by atoms with Crippen LogP contribution in [0.1, 0.15) is 23.2 Å². The number of carboxylic acids is 1. The van der Waals surface area contributed by atoms with E-state index in [9.17, 15) is 14.7 Å². The third kappa shape index (κ3) is 3.51. The monoisotopic (exact) mass is 264 g/mol. The number of pyridine rings is 1. The maximum Gasteiger partial charge on any atom is 0.326 e. The molecule has 1 saturated heterocycles. The molecule has 2 N–H and O–H groups in total. The predicted octanol–water partition coefficient (Wildman–Crippen LogP) is 0.691. The molecule has 0 spiro atoms. The SMILES string of the molecule is O=C(NC(C(=O)O)C1CCCOC1)c1ccncc1. The second-order valence-corrected chi connectivity index (χ2v) is 4.50. The first-order chi connectivity index (χ1) is 9.18. The summed E-state index contributed by atoms with van der Waals surface area (Å²) in [5.74, 6) is -1.62. The van der Waals surface area contributed by atoms with Gasteiger partial charge in [0.25, 0.3) is 5.91 Å². The topological polar surface area (TPSA) is 88.5 Å². The fourth-order valence-electron chi connectivity index (χ4n) is 2.14. The van der Waals surface area contributed by atoms with Gasteiger partial charge in [-0.3, -0.25) is 9.78 Å². The summed E-state index contributed by atoms with van der Waals surface area (Å²) < 4.78 is 5.28. The number of hydrogen-bond acceptors (Lipinski definition) is 4. The Labute approximate surface area is 110 Å². The maximum atomic E-state index is 12.0. The molecule has 1 aromatic rings. The van der Waals surface area contributed by atoms with Crippen molar-refractivity contribution in [2.24, 2.45) is 5.92 Å². The van der Waals surface area contributed by atoms with Gasteiger partial charge >= 0.3 is 5.97 Å². The normalized spacial score (nSPS) is 20.5. The average molecular weight is 264 g/mol. The summed E-state index contributed by atoms with van der Waals surface area (Å²) in [5, 5.41) is 11.8. The Hall–Kier alpha value is -1.95. The van der Waals surface area contributed by atoms with E-state index in [2.05, 4.69) is 10.3 Å². The highest BCUT2D eigenvalue weighted by molar-refractivity contribution is 5.96. The smallest absolute Gasteiger partial charge is 0.326 e. The number of hydrogen-bond donors (Lipinski definition) is 2. The predicted molar refractivity (Wildman–Crippen MR) is 66.7 cm³/mol. The number of carboxylic acid groups (broad SMARTS) is 1. The summed E-state index contributed by atoms with van der Waals surface area (Å²) in [6.07, 6.45) is 4.55. The van der Waals surface area contributed by atoms with E-state index in [0.29, 0.717) is 18.8 Å². The lowest BCUT2D eigenvalue weighted by molar-refractivity contribution is -0.142. The first-order valence-electron chi connectivity index (χ1n) is 6.20. The number of aromatic nitrogens is 1. The minimum absolute atomic E-state index is 0.183. The van der Waals surface area contributed by atoms with Crippen LogP contribution in [0.5, 0.6) is 0 Å². The molecule has 6 nitrogen and oxygen atoms in total. The molecule has 1 aliphatic heterocycles. The molecule has 1 amide bonds. The minimum Gasteiger partial charge on any atom is -0.480 e. The standard InChI is InChI=1S/C13H16N2O4/c16-12(9-3-5-14-6-4-9)15-11(13(17)18)10-2-1-7-19-8-10/h3-6,10-11H,1-2,7-8H2,(H,15,16)(H,17,18). The van der Waals surface area contributed by atoms with Crippen LogP contribution in [0.15, 0.2) is 24.5 Å². The Morgan fingerprint density at radius 2 is 2.16 bits per heavy atom. The summed E-state index contributed by atoms with van der Waals surface area (Å²) in [6.45, 7) is 1.02. The summed E-state index contributed by atoms with van der Waals surface area (Å²) in [5.41, 5.74) is 0.401. The van der Waals surface area contributed by atoms with Gasteiger partial charge in [-0.25, -0.2) is 4.79 Å². The Balaban J connectivity index is 2.04. The van der Waals surface area contributed by atoms with Crippen molar-refractivity contribution in [3.05, 3.63) is 30.1 Å². The summed E-state index contributed by atoms with van der Waals surface area (Å²) >= 11 is 0. The molecule has 1 aromatic heterocycles. The van der Waals surface area contributed by atoms with Gasteiger partial charge in [-0.15, -0.1) is 0 Å². The minimum atomic E-state index is -1.03. The zero-order valence-corrected chi connectivity index (χ0v) is 10.4. The number of ether oxygens (including phenoxy) is 1. The fourth-order valence-corrected chi connectivity index (χ4v) is 2.14. The second-order valence-electron chi connectivity index (χ2n) is 4.50. The molecule has 0 aliphatic carbocycles. The van der Waals surface area contributed by atoms with Crippen molar-refractivity contribution < 1.29 is 19.4 Å². The zero-order chi connectivity index (χ0) is 13.7. The van der Waals surface area contributed by atoms with Crippen molar-refractivity contribution in [1.82, 2.24) is 10.3 Å². The van der Waals surface area contributed by atoms with Gasteiger partial charge in [-0.05, 0) is 25.0 Å². The van der Waals surface area contributed by atoms with Gasteiger partial charge in [0, 0.05) is 30.5 Å². The van der Waals surface area contributed by atoms with Gasteiger partial charge in [-0.1, -0.05) is 0 Å². The molecule has 19 heavy (non-hydrogen) atoms. The van der Waals surface area contributed by atoms with E-state index in [-0.39, 0.29) is 5.92 Å². The molecule has 2 atom stereocenters. The van der Waals surface area contributed by atoms with Gasteiger partial charge in [0.2, 0.25) is 0 Å². The van der Waals surface area contributed by atoms with Crippen molar-refractivity contribution in [3.63, 3.8) is 0 Å². The van der Waals surface area contributed by atoms with E-state index < -0.39 is 17.9 Å². The lowest BCUT2D eigenvalue weighted by Gasteiger charge is -2.28. The summed E-state index contributed by atoms with van der Waals surface area (Å²) in [7, 11) is 0. The van der Waals surface area contributed by atoms with Crippen LogP contribution in [-0.4, -0.2) is 41.2 Å². The molecule has 1 aliphatic rings. The highest BCUT2D eigenvalue weighted by Gasteiger charge is 2.31. The van der Waals surface area contributed by atoms with E-state index in [1.165, 1.54) is 12.4 Å². The zero-order valence-electron chi connectivity index (χ0n) is 10.4. The van der Waals surface area contributed by atoms with Crippen molar-refractivity contribution in [2.45, 2.75) is 18.9 Å². The number of carbonyl (C=O) groups is 2. The number of rotatable bonds is 4. The Morgan fingerprint density at radius 3 is 2.74 bits per heavy atom. The molecule has 0 radical (unpaired) electrons.